The minimum Gasteiger partial charge on any atom is -0.467 e. The number of carbonyl (C=O) groups is 2. The minimum atomic E-state index is -0.367. The van der Waals surface area contributed by atoms with E-state index in [1.165, 1.54) is 7.11 Å². The molecule has 0 aromatic rings. The molecule has 118 valence electrons. The van der Waals surface area contributed by atoms with Crippen LogP contribution in [0.1, 0.15) is 33.6 Å². The van der Waals surface area contributed by atoms with Crippen LogP contribution in [0.4, 0.5) is 4.79 Å². The summed E-state index contributed by atoms with van der Waals surface area (Å²) >= 11 is 0. The number of fused-ring (bicyclic) bond motifs is 2. The first kappa shape index (κ1) is 14.6. The van der Waals surface area contributed by atoms with Crippen molar-refractivity contribution in [3.63, 3.8) is 0 Å². The van der Waals surface area contributed by atoms with Gasteiger partial charge in [0.2, 0.25) is 0 Å². The Morgan fingerprint density at radius 3 is 2.57 bits per heavy atom. The van der Waals surface area contributed by atoms with E-state index in [9.17, 15) is 9.59 Å². The molecule has 2 amide bonds. The van der Waals surface area contributed by atoms with E-state index in [2.05, 4.69) is 25.7 Å². The molecule has 3 atom stereocenters. The van der Waals surface area contributed by atoms with Gasteiger partial charge in [-0.05, 0) is 33.6 Å². The Kier molecular flexibility index (Phi) is 3.39. The minimum absolute atomic E-state index is 0.0128. The topological polar surface area (TPSA) is 52.9 Å². The van der Waals surface area contributed by atoms with Crippen LogP contribution in [-0.4, -0.2) is 77.1 Å². The zero-order chi connectivity index (χ0) is 15.4. The Balaban J connectivity index is 1.73. The number of amides is 2. The van der Waals surface area contributed by atoms with Crippen molar-refractivity contribution in [1.82, 2.24) is 14.7 Å². The number of urea groups is 1. The van der Waals surface area contributed by atoms with Crippen LogP contribution >= 0.6 is 0 Å². The van der Waals surface area contributed by atoms with Crippen LogP contribution in [0.15, 0.2) is 0 Å². The Bertz CT molecular complexity index is 467. The standard InChI is InChI=1S/C15H25N3O3/c1-10(2)16-7-11-5-6-15(3,9-16)18(11)14(20)17-8-12(17)13(19)21-4/h10-12H,5-9H2,1-4H3. The summed E-state index contributed by atoms with van der Waals surface area (Å²) in [6.45, 7) is 8.95. The molecule has 3 heterocycles. The molecule has 3 fully saturated rings. The van der Waals surface area contributed by atoms with E-state index in [0.717, 1.165) is 25.9 Å². The summed E-state index contributed by atoms with van der Waals surface area (Å²) < 4.78 is 4.73. The smallest absolute Gasteiger partial charge is 0.330 e. The molecule has 0 aromatic heterocycles. The molecule has 3 rings (SSSR count). The summed E-state index contributed by atoms with van der Waals surface area (Å²) in [5.74, 6) is -0.304. The average Bonchev–Trinajstić information content (AvgIpc) is 3.19. The number of rotatable bonds is 2. The molecule has 3 saturated heterocycles. The number of likely N-dealkylation sites (tertiary alicyclic amines) is 1. The highest BCUT2D eigenvalue weighted by atomic mass is 16.5. The molecule has 21 heavy (non-hydrogen) atoms. The quantitative estimate of drug-likeness (QED) is 0.561. The van der Waals surface area contributed by atoms with Gasteiger partial charge in [-0.25, -0.2) is 9.59 Å². The van der Waals surface area contributed by atoms with Crippen LogP contribution in [0.25, 0.3) is 0 Å². The fourth-order valence-electron chi connectivity index (χ4n) is 3.88. The summed E-state index contributed by atoms with van der Waals surface area (Å²) in [6.07, 6.45) is 2.10. The van der Waals surface area contributed by atoms with Crippen molar-refractivity contribution in [3.8, 4) is 0 Å². The molecular weight excluding hydrogens is 270 g/mol. The molecule has 3 unspecified atom stereocenters. The van der Waals surface area contributed by atoms with Gasteiger partial charge in [0.1, 0.15) is 6.04 Å². The second-order valence-electron chi connectivity index (χ2n) is 7.06. The van der Waals surface area contributed by atoms with Crippen molar-refractivity contribution in [2.45, 2.75) is 57.3 Å². The molecule has 0 aromatic carbocycles. The molecule has 0 radical (unpaired) electrons. The molecule has 0 aliphatic carbocycles. The summed E-state index contributed by atoms with van der Waals surface area (Å²) in [6, 6.07) is 0.427. The van der Waals surface area contributed by atoms with Crippen LogP contribution in [0.5, 0.6) is 0 Å². The van der Waals surface area contributed by atoms with Crippen molar-refractivity contribution in [3.05, 3.63) is 0 Å². The zero-order valence-electron chi connectivity index (χ0n) is 13.3. The Morgan fingerprint density at radius 2 is 2.00 bits per heavy atom. The fraction of sp³-hybridized carbons (Fsp3) is 0.867. The first-order chi connectivity index (χ1) is 9.87. The lowest BCUT2D eigenvalue weighted by Crippen LogP contribution is -2.64. The fourth-order valence-corrected chi connectivity index (χ4v) is 3.88. The van der Waals surface area contributed by atoms with Crippen LogP contribution in [-0.2, 0) is 9.53 Å². The molecule has 0 N–H and O–H groups in total. The van der Waals surface area contributed by atoms with Crippen molar-refractivity contribution in [2.24, 2.45) is 0 Å². The predicted octanol–water partition coefficient (Wildman–Crippen LogP) is 0.911. The first-order valence-electron chi connectivity index (χ1n) is 7.79. The monoisotopic (exact) mass is 295 g/mol. The number of hydrogen-bond acceptors (Lipinski definition) is 4. The summed E-state index contributed by atoms with van der Waals surface area (Å²) in [4.78, 5) is 30.4. The number of esters is 1. The van der Waals surface area contributed by atoms with Crippen molar-refractivity contribution in [2.75, 3.05) is 26.7 Å². The van der Waals surface area contributed by atoms with Gasteiger partial charge in [0.05, 0.1) is 19.2 Å². The summed E-state index contributed by atoms with van der Waals surface area (Å²) in [7, 11) is 1.37. The highest BCUT2D eigenvalue weighted by Crippen LogP contribution is 2.41. The molecule has 6 heteroatoms. The molecule has 3 aliphatic rings. The number of nitrogens with zero attached hydrogens (tertiary/aromatic N) is 3. The maximum Gasteiger partial charge on any atom is 0.330 e. The number of piperazine rings is 1. The molecule has 2 bridgehead atoms. The second-order valence-corrected chi connectivity index (χ2v) is 7.06. The third kappa shape index (κ3) is 2.29. The van der Waals surface area contributed by atoms with E-state index < -0.39 is 0 Å². The van der Waals surface area contributed by atoms with Crippen LogP contribution < -0.4 is 0 Å². The van der Waals surface area contributed by atoms with Crippen LogP contribution in [0.3, 0.4) is 0 Å². The highest BCUT2D eigenvalue weighted by Gasteiger charge is 2.56. The van der Waals surface area contributed by atoms with Gasteiger partial charge in [-0.3, -0.25) is 4.90 Å². The van der Waals surface area contributed by atoms with Gasteiger partial charge in [0.15, 0.2) is 0 Å². The van der Waals surface area contributed by atoms with E-state index in [4.69, 9.17) is 4.74 Å². The largest absolute Gasteiger partial charge is 0.467 e. The van der Waals surface area contributed by atoms with E-state index in [-0.39, 0.29) is 29.6 Å². The predicted molar refractivity (Wildman–Crippen MR) is 77.9 cm³/mol. The van der Waals surface area contributed by atoms with Gasteiger partial charge >= 0.3 is 12.0 Å². The van der Waals surface area contributed by atoms with Gasteiger partial charge in [-0.15, -0.1) is 0 Å². The SMILES string of the molecule is COC(=O)C1CN1C(=O)N1C2CCC1(C)CN(C(C)C)C2. The third-order valence-electron chi connectivity index (χ3n) is 5.22. The number of ether oxygens (including phenoxy) is 1. The van der Waals surface area contributed by atoms with Gasteiger partial charge in [-0.2, -0.15) is 0 Å². The Morgan fingerprint density at radius 1 is 1.29 bits per heavy atom. The highest BCUT2D eigenvalue weighted by molar-refractivity contribution is 5.89. The first-order valence-corrected chi connectivity index (χ1v) is 7.79. The Hall–Kier alpha value is -1.30. The normalized spacial score (nSPS) is 35.3. The number of hydrogen-bond donors (Lipinski definition) is 0. The summed E-state index contributed by atoms with van der Waals surface area (Å²) in [5.41, 5.74) is -0.104. The lowest BCUT2D eigenvalue weighted by Gasteiger charge is -2.48. The lowest BCUT2D eigenvalue weighted by molar-refractivity contribution is -0.140. The third-order valence-corrected chi connectivity index (χ3v) is 5.22. The van der Waals surface area contributed by atoms with Crippen LogP contribution in [0.2, 0.25) is 0 Å². The average molecular weight is 295 g/mol. The number of carbonyl (C=O) groups excluding carboxylic acids is 2. The van der Waals surface area contributed by atoms with Gasteiger partial charge in [0, 0.05) is 25.2 Å². The van der Waals surface area contributed by atoms with Gasteiger partial charge in [0.25, 0.3) is 0 Å². The van der Waals surface area contributed by atoms with Crippen LogP contribution in [0, 0.1) is 0 Å². The van der Waals surface area contributed by atoms with E-state index >= 15 is 0 Å². The zero-order valence-corrected chi connectivity index (χ0v) is 13.3. The maximum atomic E-state index is 12.8. The lowest BCUT2D eigenvalue weighted by atomic mass is 9.97. The molecule has 0 spiro atoms. The summed E-state index contributed by atoms with van der Waals surface area (Å²) in [5, 5.41) is 0. The Labute approximate surface area is 126 Å². The molecular formula is C15H25N3O3. The molecule has 6 nitrogen and oxygen atoms in total. The van der Waals surface area contributed by atoms with Crippen molar-refractivity contribution in [1.29, 1.82) is 0 Å². The van der Waals surface area contributed by atoms with Crippen molar-refractivity contribution >= 4 is 12.0 Å². The van der Waals surface area contributed by atoms with Gasteiger partial charge in [-0.1, -0.05) is 0 Å². The van der Waals surface area contributed by atoms with Crippen molar-refractivity contribution < 1.29 is 14.3 Å². The van der Waals surface area contributed by atoms with Gasteiger partial charge < -0.3 is 14.5 Å². The molecule has 3 aliphatic heterocycles. The maximum absolute atomic E-state index is 12.8. The van der Waals surface area contributed by atoms with E-state index in [1.807, 2.05) is 4.90 Å². The van der Waals surface area contributed by atoms with E-state index in [1.54, 1.807) is 4.90 Å². The molecule has 0 saturated carbocycles. The second kappa shape index (κ2) is 4.87. The van der Waals surface area contributed by atoms with E-state index in [0.29, 0.717) is 12.6 Å². The number of methoxy groups -OCH3 is 1.